The van der Waals surface area contributed by atoms with E-state index in [0.29, 0.717) is 23.6 Å². The molecule has 18 heavy (non-hydrogen) atoms. The molecule has 1 aromatic rings. The summed E-state index contributed by atoms with van der Waals surface area (Å²) in [7, 11) is 0. The highest BCUT2D eigenvalue weighted by Crippen LogP contribution is 2.31. The maximum atomic E-state index is 6.15. The van der Waals surface area contributed by atoms with Crippen LogP contribution in [0.4, 0.5) is 0 Å². The molecule has 0 radical (unpaired) electrons. The van der Waals surface area contributed by atoms with Crippen LogP contribution in [0, 0.1) is 12.8 Å². The van der Waals surface area contributed by atoms with Crippen LogP contribution in [-0.2, 0) is 0 Å². The Kier molecular flexibility index (Phi) is 6.47. The predicted molar refractivity (Wildman–Crippen MR) is 81.7 cm³/mol. The van der Waals surface area contributed by atoms with Crippen LogP contribution in [0.25, 0.3) is 0 Å². The number of ether oxygens (including phenoxy) is 1. The Morgan fingerprint density at radius 3 is 2.56 bits per heavy atom. The molecule has 0 saturated heterocycles. The van der Waals surface area contributed by atoms with E-state index in [1.54, 1.807) is 0 Å². The highest BCUT2D eigenvalue weighted by atomic mass is 79.9. The minimum absolute atomic E-state index is 0.495. The molecule has 0 fully saturated rings. The quantitative estimate of drug-likeness (QED) is 0.777. The smallest absolute Gasteiger partial charge is 0.140 e. The zero-order chi connectivity index (χ0) is 13.7. The Labute approximate surface area is 123 Å². The molecule has 0 spiro atoms. The van der Waals surface area contributed by atoms with Crippen LogP contribution < -0.4 is 10.1 Å². The van der Waals surface area contributed by atoms with Crippen molar-refractivity contribution in [1.82, 2.24) is 5.32 Å². The largest absolute Gasteiger partial charge is 0.490 e. The first-order valence-corrected chi connectivity index (χ1v) is 7.40. The van der Waals surface area contributed by atoms with Crippen molar-refractivity contribution in [3.8, 4) is 5.75 Å². The van der Waals surface area contributed by atoms with E-state index >= 15 is 0 Å². The predicted octanol–water partition coefficient (Wildman–Crippen LogP) is 4.42. The van der Waals surface area contributed by atoms with Crippen molar-refractivity contribution in [2.24, 2.45) is 5.92 Å². The van der Waals surface area contributed by atoms with E-state index < -0.39 is 0 Å². The van der Waals surface area contributed by atoms with Gasteiger partial charge in [-0.2, -0.15) is 0 Å². The normalized spacial score (nSPS) is 12.8. The molecule has 1 aromatic carbocycles. The van der Waals surface area contributed by atoms with E-state index in [-0.39, 0.29) is 0 Å². The van der Waals surface area contributed by atoms with E-state index in [2.05, 4.69) is 42.0 Å². The third-order valence-corrected chi connectivity index (χ3v) is 3.75. The lowest BCUT2D eigenvalue weighted by Crippen LogP contribution is -2.33. The highest BCUT2D eigenvalue weighted by Gasteiger charge is 2.08. The third-order valence-electron chi connectivity index (χ3n) is 3.01. The first-order chi connectivity index (χ1) is 8.41. The van der Waals surface area contributed by atoms with Gasteiger partial charge in [0, 0.05) is 17.1 Å². The van der Waals surface area contributed by atoms with E-state index in [0.717, 1.165) is 22.3 Å². The Bertz CT molecular complexity index is 372. The van der Waals surface area contributed by atoms with Gasteiger partial charge in [-0.25, -0.2) is 0 Å². The molecule has 0 saturated carbocycles. The van der Waals surface area contributed by atoms with Crippen LogP contribution in [0.2, 0.25) is 5.02 Å². The van der Waals surface area contributed by atoms with E-state index in [1.807, 2.05) is 19.1 Å². The second-order valence-corrected chi connectivity index (χ2v) is 6.19. The van der Waals surface area contributed by atoms with Gasteiger partial charge in [0.25, 0.3) is 0 Å². The Morgan fingerprint density at radius 2 is 2.00 bits per heavy atom. The number of benzene rings is 1. The molecule has 0 amide bonds. The molecule has 0 bridgehead atoms. The molecule has 0 aliphatic carbocycles. The van der Waals surface area contributed by atoms with Gasteiger partial charge in [-0.3, -0.25) is 0 Å². The molecular weight excluding hydrogens is 314 g/mol. The lowest BCUT2D eigenvalue weighted by atomic mass is 10.1. The summed E-state index contributed by atoms with van der Waals surface area (Å²) in [5.41, 5.74) is 1.05. The van der Waals surface area contributed by atoms with Crippen molar-refractivity contribution >= 4 is 27.5 Å². The molecule has 0 aliphatic heterocycles. The summed E-state index contributed by atoms with van der Waals surface area (Å²) in [6, 6.07) is 4.36. The number of hydrogen-bond donors (Lipinski definition) is 1. The van der Waals surface area contributed by atoms with Crippen LogP contribution in [0.1, 0.15) is 26.3 Å². The lowest BCUT2D eigenvalue weighted by molar-refractivity contribution is 0.295. The molecule has 1 atom stereocenters. The van der Waals surface area contributed by atoms with Gasteiger partial charge >= 0.3 is 0 Å². The van der Waals surface area contributed by atoms with Gasteiger partial charge in [-0.05, 0) is 37.5 Å². The van der Waals surface area contributed by atoms with Crippen LogP contribution in [0.15, 0.2) is 16.6 Å². The minimum Gasteiger partial charge on any atom is -0.490 e. The average molecular weight is 335 g/mol. The van der Waals surface area contributed by atoms with Crippen LogP contribution in [-0.4, -0.2) is 19.2 Å². The molecule has 0 aromatic heterocycles. The molecule has 102 valence electrons. The van der Waals surface area contributed by atoms with Gasteiger partial charge in [0.2, 0.25) is 0 Å². The van der Waals surface area contributed by atoms with Crippen molar-refractivity contribution in [3.05, 3.63) is 27.2 Å². The molecule has 0 aliphatic rings. The number of aryl methyl sites for hydroxylation is 1. The molecular formula is C14H21BrClNO. The molecule has 0 heterocycles. The second kappa shape index (κ2) is 7.37. The first-order valence-electron chi connectivity index (χ1n) is 6.23. The summed E-state index contributed by atoms with van der Waals surface area (Å²) in [5, 5.41) is 4.08. The van der Waals surface area contributed by atoms with Crippen LogP contribution in [0.3, 0.4) is 0 Å². The van der Waals surface area contributed by atoms with Crippen molar-refractivity contribution < 1.29 is 4.74 Å². The summed E-state index contributed by atoms with van der Waals surface area (Å²) in [5.74, 6) is 1.40. The van der Waals surface area contributed by atoms with Crippen molar-refractivity contribution in [2.75, 3.05) is 13.2 Å². The van der Waals surface area contributed by atoms with E-state index in [9.17, 15) is 0 Å². The van der Waals surface area contributed by atoms with Crippen LogP contribution in [0.5, 0.6) is 5.75 Å². The number of nitrogens with one attached hydrogen (secondary N) is 1. The van der Waals surface area contributed by atoms with E-state index in [1.165, 1.54) is 0 Å². The maximum absolute atomic E-state index is 6.15. The van der Waals surface area contributed by atoms with Crippen LogP contribution >= 0.6 is 27.5 Å². The lowest BCUT2D eigenvalue weighted by Gasteiger charge is -2.18. The fraction of sp³-hybridized carbons (Fsp3) is 0.571. The first kappa shape index (κ1) is 15.8. The number of hydrogen-bond acceptors (Lipinski definition) is 2. The third kappa shape index (κ3) is 4.79. The van der Waals surface area contributed by atoms with Gasteiger partial charge in [0.05, 0.1) is 5.02 Å². The van der Waals surface area contributed by atoms with E-state index in [4.69, 9.17) is 16.3 Å². The number of halogens is 2. The topological polar surface area (TPSA) is 21.3 Å². The summed E-state index contributed by atoms with van der Waals surface area (Å²) in [6.45, 7) is 10.0. The SMILES string of the molecule is Cc1cc(Br)cc(Cl)c1OCCNC(C)C(C)C. The van der Waals surface area contributed by atoms with Gasteiger partial charge in [0.1, 0.15) is 12.4 Å². The molecule has 4 heteroatoms. The fourth-order valence-electron chi connectivity index (χ4n) is 1.55. The molecule has 2 nitrogen and oxygen atoms in total. The highest BCUT2D eigenvalue weighted by molar-refractivity contribution is 9.10. The van der Waals surface area contributed by atoms with Gasteiger partial charge in [-0.15, -0.1) is 0 Å². The Morgan fingerprint density at radius 1 is 1.33 bits per heavy atom. The standard InChI is InChI=1S/C14H21BrClNO/c1-9(2)11(4)17-5-6-18-14-10(3)7-12(15)8-13(14)16/h7-9,11,17H,5-6H2,1-4H3. The van der Waals surface area contributed by atoms with Crippen molar-refractivity contribution in [1.29, 1.82) is 0 Å². The van der Waals surface area contributed by atoms with Crippen molar-refractivity contribution in [3.63, 3.8) is 0 Å². The van der Waals surface area contributed by atoms with Gasteiger partial charge in [-0.1, -0.05) is 41.4 Å². The van der Waals surface area contributed by atoms with Gasteiger partial charge in [0.15, 0.2) is 0 Å². The van der Waals surface area contributed by atoms with Gasteiger partial charge < -0.3 is 10.1 Å². The monoisotopic (exact) mass is 333 g/mol. The fourth-order valence-corrected chi connectivity index (χ4v) is 2.57. The average Bonchev–Trinajstić information content (AvgIpc) is 2.26. The molecule has 1 unspecified atom stereocenters. The molecule has 1 N–H and O–H groups in total. The Balaban J connectivity index is 2.45. The summed E-state index contributed by atoms with van der Waals surface area (Å²) < 4.78 is 6.71. The second-order valence-electron chi connectivity index (χ2n) is 4.87. The minimum atomic E-state index is 0.495. The number of rotatable bonds is 6. The summed E-state index contributed by atoms with van der Waals surface area (Å²) in [4.78, 5) is 0. The summed E-state index contributed by atoms with van der Waals surface area (Å²) >= 11 is 9.56. The molecule has 1 rings (SSSR count). The summed E-state index contributed by atoms with van der Waals surface area (Å²) in [6.07, 6.45) is 0. The Hall–Kier alpha value is -0.250. The zero-order valence-corrected chi connectivity index (χ0v) is 13.7. The maximum Gasteiger partial charge on any atom is 0.140 e. The zero-order valence-electron chi connectivity index (χ0n) is 11.4. The van der Waals surface area contributed by atoms with Crippen molar-refractivity contribution in [2.45, 2.75) is 33.7 Å².